The number of hydrogen-bond donors (Lipinski definition) is 2. The Kier molecular flexibility index (Phi) is 7.11. The molecule has 29 heavy (non-hydrogen) atoms. The first-order chi connectivity index (χ1) is 13.9. The maximum absolute atomic E-state index is 13.2. The van der Waals surface area contributed by atoms with Gasteiger partial charge in [-0.3, -0.25) is 14.4 Å². The minimum Gasteiger partial charge on any atom is -0.472 e. The van der Waals surface area contributed by atoms with Crippen molar-refractivity contribution in [2.24, 2.45) is 5.41 Å². The topological polar surface area (TPSA) is 97.6 Å². The van der Waals surface area contributed by atoms with Crippen molar-refractivity contribution in [3.05, 3.63) is 24.2 Å². The van der Waals surface area contributed by atoms with Gasteiger partial charge in [0.1, 0.15) is 25.0 Å². The second-order valence-electron chi connectivity index (χ2n) is 8.68. The number of Topliss-reactive ketones (excluding diaryl/α,β-unsaturated/α-hetero) is 1. The molecule has 2 fully saturated rings. The van der Waals surface area contributed by atoms with Gasteiger partial charge in [0.15, 0.2) is 5.78 Å². The molecule has 7 nitrogen and oxygen atoms in total. The Balaban J connectivity index is 1.74. The third-order valence-electron chi connectivity index (χ3n) is 6.27. The lowest BCUT2D eigenvalue weighted by atomic mass is 9.77. The molecule has 2 amide bonds. The lowest BCUT2D eigenvalue weighted by Gasteiger charge is -2.33. The third kappa shape index (κ3) is 5.47. The van der Waals surface area contributed by atoms with E-state index in [0.717, 1.165) is 25.7 Å². The van der Waals surface area contributed by atoms with E-state index in [4.69, 9.17) is 9.15 Å². The molecule has 1 saturated heterocycles. The maximum Gasteiger partial charge on any atom is 0.255 e. The predicted molar refractivity (Wildman–Crippen MR) is 107 cm³/mol. The van der Waals surface area contributed by atoms with Gasteiger partial charge in [-0.1, -0.05) is 39.5 Å². The molecule has 7 heteroatoms. The molecule has 3 rings (SSSR count). The van der Waals surface area contributed by atoms with Gasteiger partial charge in [0.25, 0.3) is 5.91 Å². The molecule has 1 saturated carbocycles. The largest absolute Gasteiger partial charge is 0.472 e. The highest BCUT2D eigenvalue weighted by atomic mass is 16.5. The van der Waals surface area contributed by atoms with E-state index in [0.29, 0.717) is 18.4 Å². The fraction of sp³-hybridized carbons (Fsp3) is 0.682. The molecule has 2 N–H and O–H groups in total. The summed E-state index contributed by atoms with van der Waals surface area (Å²) in [4.78, 5) is 37.9. The zero-order valence-corrected chi connectivity index (χ0v) is 17.4. The summed E-state index contributed by atoms with van der Waals surface area (Å²) in [5.41, 5.74) is 0.350. The van der Waals surface area contributed by atoms with Crippen molar-refractivity contribution in [2.45, 2.75) is 83.4 Å². The number of furan rings is 1. The molecular weight excluding hydrogens is 372 g/mol. The summed E-state index contributed by atoms with van der Waals surface area (Å²) < 4.78 is 10.5. The van der Waals surface area contributed by atoms with Gasteiger partial charge in [-0.05, 0) is 37.2 Å². The van der Waals surface area contributed by atoms with E-state index in [9.17, 15) is 14.4 Å². The Morgan fingerprint density at radius 2 is 1.97 bits per heavy atom. The first-order valence-electron chi connectivity index (χ1n) is 10.7. The molecule has 1 aliphatic heterocycles. The van der Waals surface area contributed by atoms with Crippen LogP contribution in [0.25, 0.3) is 0 Å². The zero-order chi connectivity index (χ0) is 20.9. The molecule has 1 aromatic rings. The molecule has 2 aliphatic rings. The van der Waals surface area contributed by atoms with Gasteiger partial charge in [-0.25, -0.2) is 0 Å². The number of ether oxygens (including phenoxy) is 1. The standard InChI is InChI=1S/C22H32N2O5/c1-3-18-19(17(25)14-29-18)24-21(27)16(23-20(26)15-8-11-28-13-15)12-22(2)9-6-4-5-7-10-22/h8,11,13,16,18-19H,3-7,9-10,12,14H2,1-2H3,(H,23,26)(H,24,27)/t16?,18-,19+/m0/s1. The van der Waals surface area contributed by atoms with Crippen LogP contribution in [0.1, 0.15) is 75.6 Å². The smallest absolute Gasteiger partial charge is 0.255 e. The van der Waals surface area contributed by atoms with Gasteiger partial charge in [0.05, 0.1) is 17.9 Å². The number of rotatable bonds is 7. The van der Waals surface area contributed by atoms with E-state index >= 15 is 0 Å². The Bertz CT molecular complexity index is 707. The van der Waals surface area contributed by atoms with E-state index in [-0.39, 0.29) is 35.7 Å². The second-order valence-corrected chi connectivity index (χ2v) is 8.68. The molecule has 2 heterocycles. The maximum atomic E-state index is 13.2. The van der Waals surface area contributed by atoms with Gasteiger partial charge in [0, 0.05) is 0 Å². The number of carbonyl (C=O) groups excluding carboxylic acids is 3. The van der Waals surface area contributed by atoms with Crippen molar-refractivity contribution in [1.82, 2.24) is 10.6 Å². The van der Waals surface area contributed by atoms with Crippen LogP contribution in [-0.2, 0) is 14.3 Å². The molecule has 3 atom stereocenters. The lowest BCUT2D eigenvalue weighted by molar-refractivity contribution is -0.128. The van der Waals surface area contributed by atoms with Crippen molar-refractivity contribution in [1.29, 1.82) is 0 Å². The predicted octanol–water partition coefficient (Wildman–Crippen LogP) is 2.99. The molecule has 0 spiro atoms. The minimum absolute atomic E-state index is 0.0210. The summed E-state index contributed by atoms with van der Waals surface area (Å²) in [5, 5.41) is 5.72. The Labute approximate surface area is 171 Å². The van der Waals surface area contributed by atoms with Crippen LogP contribution in [0.15, 0.2) is 23.0 Å². The first-order valence-corrected chi connectivity index (χ1v) is 10.7. The molecule has 0 bridgehead atoms. The SMILES string of the molecule is CC[C@@H]1OCC(=O)[C@H]1NC(=O)C(CC1(C)CCCCCC1)NC(=O)c1ccoc1. The Morgan fingerprint density at radius 3 is 2.59 bits per heavy atom. The number of hydrogen-bond acceptors (Lipinski definition) is 5. The normalized spacial score (nSPS) is 25.2. The van der Waals surface area contributed by atoms with Crippen molar-refractivity contribution < 1.29 is 23.5 Å². The molecule has 1 unspecified atom stereocenters. The fourth-order valence-corrected chi connectivity index (χ4v) is 4.49. The van der Waals surface area contributed by atoms with Crippen molar-refractivity contribution in [2.75, 3.05) is 6.61 Å². The van der Waals surface area contributed by atoms with Crippen LogP contribution in [0, 0.1) is 5.41 Å². The highest BCUT2D eigenvalue weighted by Gasteiger charge is 2.39. The number of nitrogens with one attached hydrogen (secondary N) is 2. The summed E-state index contributed by atoms with van der Waals surface area (Å²) in [6.07, 6.45) is 10.4. The van der Waals surface area contributed by atoms with Gasteiger partial charge in [-0.15, -0.1) is 0 Å². The van der Waals surface area contributed by atoms with Crippen LogP contribution in [0.5, 0.6) is 0 Å². The average Bonchev–Trinajstić information content (AvgIpc) is 3.29. The zero-order valence-electron chi connectivity index (χ0n) is 17.4. The van der Waals surface area contributed by atoms with Crippen LogP contribution >= 0.6 is 0 Å². The molecule has 1 aliphatic carbocycles. The molecule has 0 aromatic carbocycles. The van der Waals surface area contributed by atoms with Crippen LogP contribution in [-0.4, -0.2) is 42.4 Å². The first kappa shape index (κ1) is 21.6. The highest BCUT2D eigenvalue weighted by Crippen LogP contribution is 2.38. The van der Waals surface area contributed by atoms with Crippen LogP contribution < -0.4 is 10.6 Å². The van der Waals surface area contributed by atoms with Crippen molar-refractivity contribution in [3.63, 3.8) is 0 Å². The molecular formula is C22H32N2O5. The van der Waals surface area contributed by atoms with Crippen LogP contribution in [0.3, 0.4) is 0 Å². The fourth-order valence-electron chi connectivity index (χ4n) is 4.49. The van der Waals surface area contributed by atoms with Gasteiger partial charge >= 0.3 is 0 Å². The van der Waals surface area contributed by atoms with E-state index < -0.39 is 12.1 Å². The Morgan fingerprint density at radius 1 is 1.24 bits per heavy atom. The van der Waals surface area contributed by atoms with E-state index in [1.54, 1.807) is 6.07 Å². The van der Waals surface area contributed by atoms with Gasteiger partial charge in [0.2, 0.25) is 5.91 Å². The van der Waals surface area contributed by atoms with E-state index in [1.807, 2.05) is 6.92 Å². The summed E-state index contributed by atoms with van der Waals surface area (Å²) >= 11 is 0. The number of carbonyl (C=O) groups is 3. The second kappa shape index (κ2) is 9.57. The van der Waals surface area contributed by atoms with Crippen LogP contribution in [0.4, 0.5) is 0 Å². The number of amides is 2. The van der Waals surface area contributed by atoms with Gasteiger partial charge < -0.3 is 19.8 Å². The third-order valence-corrected chi connectivity index (χ3v) is 6.27. The summed E-state index contributed by atoms with van der Waals surface area (Å²) in [5.74, 6) is -0.794. The summed E-state index contributed by atoms with van der Waals surface area (Å²) in [6, 6.07) is 0.202. The summed E-state index contributed by atoms with van der Waals surface area (Å²) in [6.45, 7) is 4.14. The monoisotopic (exact) mass is 404 g/mol. The number of ketones is 1. The quantitative estimate of drug-likeness (QED) is 0.681. The van der Waals surface area contributed by atoms with E-state index in [2.05, 4.69) is 17.6 Å². The molecule has 1 aromatic heterocycles. The van der Waals surface area contributed by atoms with E-state index in [1.165, 1.54) is 25.4 Å². The Hall–Kier alpha value is -2.15. The van der Waals surface area contributed by atoms with Crippen molar-refractivity contribution in [3.8, 4) is 0 Å². The highest BCUT2D eigenvalue weighted by molar-refractivity contribution is 5.98. The summed E-state index contributed by atoms with van der Waals surface area (Å²) in [7, 11) is 0. The van der Waals surface area contributed by atoms with Crippen molar-refractivity contribution >= 4 is 17.6 Å². The van der Waals surface area contributed by atoms with Crippen LogP contribution in [0.2, 0.25) is 0 Å². The molecule has 160 valence electrons. The minimum atomic E-state index is -0.716. The molecule has 0 radical (unpaired) electrons. The van der Waals surface area contributed by atoms with Gasteiger partial charge in [-0.2, -0.15) is 0 Å². The average molecular weight is 405 g/mol. The lowest BCUT2D eigenvalue weighted by Crippen LogP contribution is -2.54.